The van der Waals surface area contributed by atoms with Crippen molar-refractivity contribution >= 4 is 5.91 Å². The normalized spacial score (nSPS) is 11.3. The van der Waals surface area contributed by atoms with E-state index in [1.165, 1.54) is 6.07 Å². The van der Waals surface area contributed by atoms with E-state index in [9.17, 15) is 18.0 Å². The Morgan fingerprint density at radius 1 is 1.09 bits per heavy atom. The number of carbonyl (C=O) groups excluding carboxylic acids is 1. The summed E-state index contributed by atoms with van der Waals surface area (Å²) in [5.74, 6) is -0.296. The molecule has 1 N–H and O–H groups in total. The molecule has 2 aromatic rings. The van der Waals surface area contributed by atoms with Gasteiger partial charge in [0.1, 0.15) is 0 Å². The van der Waals surface area contributed by atoms with Crippen molar-refractivity contribution in [3.63, 3.8) is 0 Å². The van der Waals surface area contributed by atoms with Gasteiger partial charge in [-0.1, -0.05) is 29.8 Å². The Labute approximate surface area is 127 Å². The van der Waals surface area contributed by atoms with Gasteiger partial charge >= 0.3 is 6.18 Å². The molecule has 0 saturated carbocycles. The molecule has 0 atom stereocenters. The fourth-order valence-electron chi connectivity index (χ4n) is 2.20. The number of hydrogen-bond donors (Lipinski definition) is 1. The summed E-state index contributed by atoms with van der Waals surface area (Å²) in [6.45, 7) is 3.81. The summed E-state index contributed by atoms with van der Waals surface area (Å²) >= 11 is 0. The molecule has 5 heteroatoms. The van der Waals surface area contributed by atoms with Crippen molar-refractivity contribution in [1.29, 1.82) is 0 Å². The molecule has 2 aromatic carbocycles. The zero-order chi connectivity index (χ0) is 16.3. The number of benzene rings is 2. The second-order valence-electron chi connectivity index (χ2n) is 5.20. The Balaban J connectivity index is 2.08. The van der Waals surface area contributed by atoms with Crippen LogP contribution in [-0.2, 0) is 12.7 Å². The number of carbonyl (C=O) groups is 1. The maximum Gasteiger partial charge on any atom is 0.416 e. The predicted octanol–water partition coefficient (Wildman–Crippen LogP) is 4.25. The first-order chi connectivity index (χ1) is 10.3. The molecular weight excluding hydrogens is 291 g/mol. The van der Waals surface area contributed by atoms with Gasteiger partial charge in [0.15, 0.2) is 0 Å². The highest BCUT2D eigenvalue weighted by atomic mass is 19.4. The van der Waals surface area contributed by atoms with E-state index in [0.717, 1.165) is 23.3 Å². The third kappa shape index (κ3) is 3.87. The minimum absolute atomic E-state index is 0.0517. The average molecular weight is 307 g/mol. The van der Waals surface area contributed by atoms with Gasteiger partial charge in [0.25, 0.3) is 5.91 Å². The highest BCUT2D eigenvalue weighted by Gasteiger charge is 2.30. The molecule has 2 rings (SSSR count). The molecule has 1 amide bonds. The molecule has 0 spiro atoms. The van der Waals surface area contributed by atoms with Crippen LogP contribution in [0.3, 0.4) is 0 Å². The fourth-order valence-corrected chi connectivity index (χ4v) is 2.20. The van der Waals surface area contributed by atoms with Crippen LogP contribution >= 0.6 is 0 Å². The Hall–Kier alpha value is -2.30. The van der Waals surface area contributed by atoms with Crippen LogP contribution in [0.5, 0.6) is 0 Å². The molecule has 0 heterocycles. The van der Waals surface area contributed by atoms with Crippen LogP contribution in [0.15, 0.2) is 42.5 Å². The van der Waals surface area contributed by atoms with Crippen LogP contribution in [0.1, 0.15) is 32.6 Å². The SMILES string of the molecule is Cc1ccc(C(=O)NCc2cccc(C(F)(F)F)c2)c(C)c1. The Morgan fingerprint density at radius 2 is 1.82 bits per heavy atom. The number of amides is 1. The lowest BCUT2D eigenvalue weighted by Crippen LogP contribution is -2.23. The summed E-state index contributed by atoms with van der Waals surface area (Å²) in [6, 6.07) is 10.4. The van der Waals surface area contributed by atoms with Crippen molar-refractivity contribution < 1.29 is 18.0 Å². The Morgan fingerprint density at radius 3 is 2.45 bits per heavy atom. The zero-order valence-electron chi connectivity index (χ0n) is 12.3. The number of alkyl halides is 3. The molecular formula is C17H16F3NO. The van der Waals surface area contributed by atoms with E-state index in [4.69, 9.17) is 0 Å². The van der Waals surface area contributed by atoms with Crippen molar-refractivity contribution in [1.82, 2.24) is 5.32 Å². The number of nitrogens with one attached hydrogen (secondary N) is 1. The van der Waals surface area contributed by atoms with E-state index < -0.39 is 11.7 Å². The van der Waals surface area contributed by atoms with Crippen molar-refractivity contribution in [3.05, 3.63) is 70.3 Å². The van der Waals surface area contributed by atoms with Gasteiger partial charge in [-0.25, -0.2) is 0 Å². The smallest absolute Gasteiger partial charge is 0.348 e. The van der Waals surface area contributed by atoms with Gasteiger partial charge in [-0.3, -0.25) is 4.79 Å². The molecule has 0 fully saturated rings. The Bertz CT molecular complexity index is 693. The summed E-state index contributed by atoms with van der Waals surface area (Å²) < 4.78 is 37.9. The lowest BCUT2D eigenvalue weighted by Gasteiger charge is -2.11. The summed E-state index contributed by atoms with van der Waals surface area (Å²) in [6.07, 6.45) is -4.38. The molecule has 0 radical (unpaired) electrons. The van der Waals surface area contributed by atoms with Crippen LogP contribution in [0, 0.1) is 13.8 Å². The van der Waals surface area contributed by atoms with Crippen molar-refractivity contribution in [2.45, 2.75) is 26.6 Å². The maximum atomic E-state index is 12.6. The predicted molar refractivity (Wildman–Crippen MR) is 78.5 cm³/mol. The van der Waals surface area contributed by atoms with Crippen LogP contribution < -0.4 is 5.32 Å². The van der Waals surface area contributed by atoms with Gasteiger partial charge < -0.3 is 5.32 Å². The molecule has 2 nitrogen and oxygen atoms in total. The van der Waals surface area contributed by atoms with E-state index in [0.29, 0.717) is 11.1 Å². The van der Waals surface area contributed by atoms with Gasteiger partial charge in [-0.05, 0) is 43.2 Å². The first-order valence-corrected chi connectivity index (χ1v) is 6.79. The number of rotatable bonds is 3. The average Bonchev–Trinajstić information content (AvgIpc) is 2.44. The quantitative estimate of drug-likeness (QED) is 0.902. The van der Waals surface area contributed by atoms with E-state index in [1.807, 2.05) is 26.0 Å². The molecule has 0 unspecified atom stereocenters. The van der Waals surface area contributed by atoms with Crippen molar-refractivity contribution in [3.8, 4) is 0 Å². The first kappa shape index (κ1) is 16.1. The fraction of sp³-hybridized carbons (Fsp3) is 0.235. The minimum Gasteiger partial charge on any atom is -0.348 e. The molecule has 22 heavy (non-hydrogen) atoms. The third-order valence-electron chi connectivity index (χ3n) is 3.33. The van der Waals surface area contributed by atoms with Gasteiger partial charge in [0, 0.05) is 12.1 Å². The van der Waals surface area contributed by atoms with E-state index in [1.54, 1.807) is 12.1 Å². The van der Waals surface area contributed by atoms with E-state index in [2.05, 4.69) is 5.32 Å². The maximum absolute atomic E-state index is 12.6. The lowest BCUT2D eigenvalue weighted by atomic mass is 10.0. The number of aryl methyl sites for hydroxylation is 2. The van der Waals surface area contributed by atoms with E-state index >= 15 is 0 Å². The molecule has 116 valence electrons. The standard InChI is InChI=1S/C17H16F3NO/c1-11-6-7-15(12(2)8-11)16(22)21-10-13-4-3-5-14(9-13)17(18,19)20/h3-9H,10H2,1-2H3,(H,21,22). The van der Waals surface area contributed by atoms with Gasteiger partial charge in [0.05, 0.1) is 5.56 Å². The van der Waals surface area contributed by atoms with Crippen LogP contribution in [-0.4, -0.2) is 5.91 Å². The second kappa shape index (κ2) is 6.22. The molecule has 0 bridgehead atoms. The van der Waals surface area contributed by atoms with Gasteiger partial charge in [0.2, 0.25) is 0 Å². The van der Waals surface area contributed by atoms with Gasteiger partial charge in [-0.15, -0.1) is 0 Å². The summed E-state index contributed by atoms with van der Waals surface area (Å²) in [5, 5.41) is 2.65. The Kier molecular flexibility index (Phi) is 4.54. The number of hydrogen-bond acceptors (Lipinski definition) is 1. The highest BCUT2D eigenvalue weighted by molar-refractivity contribution is 5.95. The highest BCUT2D eigenvalue weighted by Crippen LogP contribution is 2.29. The summed E-state index contributed by atoms with van der Waals surface area (Å²) in [7, 11) is 0. The van der Waals surface area contributed by atoms with Gasteiger partial charge in [-0.2, -0.15) is 13.2 Å². The molecule has 0 aliphatic rings. The lowest BCUT2D eigenvalue weighted by molar-refractivity contribution is -0.137. The molecule has 0 aliphatic heterocycles. The molecule has 0 aliphatic carbocycles. The second-order valence-corrected chi connectivity index (χ2v) is 5.20. The summed E-state index contributed by atoms with van der Waals surface area (Å²) in [5.41, 5.74) is 2.10. The van der Waals surface area contributed by atoms with Crippen LogP contribution in [0.2, 0.25) is 0 Å². The van der Waals surface area contributed by atoms with Crippen molar-refractivity contribution in [2.24, 2.45) is 0 Å². The topological polar surface area (TPSA) is 29.1 Å². The van der Waals surface area contributed by atoms with Crippen molar-refractivity contribution in [2.75, 3.05) is 0 Å². The molecule has 0 aromatic heterocycles. The molecule has 0 saturated heterocycles. The number of halogens is 3. The van der Waals surface area contributed by atoms with E-state index in [-0.39, 0.29) is 12.5 Å². The summed E-state index contributed by atoms with van der Waals surface area (Å²) in [4.78, 5) is 12.1. The third-order valence-corrected chi connectivity index (χ3v) is 3.33. The minimum atomic E-state index is -4.38. The monoisotopic (exact) mass is 307 g/mol. The van der Waals surface area contributed by atoms with Crippen LogP contribution in [0.4, 0.5) is 13.2 Å². The van der Waals surface area contributed by atoms with Crippen LogP contribution in [0.25, 0.3) is 0 Å². The zero-order valence-corrected chi connectivity index (χ0v) is 12.3. The first-order valence-electron chi connectivity index (χ1n) is 6.79. The largest absolute Gasteiger partial charge is 0.416 e.